The molecule has 0 saturated carbocycles. The van der Waals surface area contributed by atoms with Crippen LogP contribution in [0.3, 0.4) is 0 Å². The summed E-state index contributed by atoms with van der Waals surface area (Å²) in [6, 6.07) is 0. The summed E-state index contributed by atoms with van der Waals surface area (Å²) >= 11 is 0. The van der Waals surface area contributed by atoms with Gasteiger partial charge in [-0.1, -0.05) is 218 Å². The third-order valence-corrected chi connectivity index (χ3v) is 10.2. The fourth-order valence-corrected chi connectivity index (χ4v) is 6.97. The number of carboxylic acid groups (broad SMARTS) is 2. The van der Waals surface area contributed by atoms with Crippen LogP contribution < -0.4 is 0 Å². The van der Waals surface area contributed by atoms with E-state index in [-0.39, 0.29) is 0 Å². The predicted octanol–water partition coefficient (Wildman–Crippen LogP) is 15.3. The first-order chi connectivity index (χ1) is 23.6. The molecule has 0 rings (SSSR count). The van der Waals surface area contributed by atoms with Gasteiger partial charge in [-0.05, 0) is 38.5 Å². The minimum absolute atomic E-state index is 0.336. The smallest absolute Gasteiger partial charge is 0.303 e. The fraction of sp³-hybridized carbons (Fsp3) is 0.909. The maximum Gasteiger partial charge on any atom is 0.303 e. The van der Waals surface area contributed by atoms with Crippen molar-refractivity contribution in [2.24, 2.45) is 0 Å². The lowest BCUT2D eigenvalue weighted by atomic mass is 10.0. The van der Waals surface area contributed by atoms with Crippen molar-refractivity contribution in [3.63, 3.8) is 0 Å². The molecule has 0 spiro atoms. The Balaban J connectivity index is 3.10. The van der Waals surface area contributed by atoms with Crippen molar-refractivity contribution in [3.05, 3.63) is 12.2 Å². The van der Waals surface area contributed by atoms with Crippen molar-refractivity contribution in [2.45, 2.75) is 257 Å². The van der Waals surface area contributed by atoms with Gasteiger partial charge in [0, 0.05) is 12.8 Å². The normalized spacial score (nSPS) is 11.6. The minimum Gasteiger partial charge on any atom is -0.481 e. The van der Waals surface area contributed by atoms with E-state index in [4.69, 9.17) is 10.2 Å². The molecule has 0 bridgehead atoms. The molecule has 4 heteroatoms. The quantitative estimate of drug-likeness (QED) is 0.0498. The van der Waals surface area contributed by atoms with Crippen LogP contribution in [-0.2, 0) is 9.59 Å². The first kappa shape index (κ1) is 46.7. The first-order valence-corrected chi connectivity index (χ1v) is 21.7. The van der Waals surface area contributed by atoms with Gasteiger partial charge in [-0.15, -0.1) is 0 Å². The van der Waals surface area contributed by atoms with Crippen molar-refractivity contribution in [3.8, 4) is 0 Å². The summed E-state index contributed by atoms with van der Waals surface area (Å²) in [5.41, 5.74) is 0. The molecule has 4 nitrogen and oxygen atoms in total. The highest BCUT2D eigenvalue weighted by molar-refractivity contribution is 5.66. The SMILES string of the molecule is O=C(O)CCCCCCCCCCCC=CCCCCCCCCCCCCCCCCCCCCCCCCCCCCCC(=O)O. The van der Waals surface area contributed by atoms with Gasteiger partial charge in [-0.2, -0.15) is 0 Å². The van der Waals surface area contributed by atoms with E-state index in [1.165, 1.54) is 218 Å². The second kappa shape index (κ2) is 41.8. The molecule has 0 unspecified atom stereocenters. The first-order valence-electron chi connectivity index (χ1n) is 21.7. The summed E-state index contributed by atoms with van der Waals surface area (Å²) < 4.78 is 0. The topological polar surface area (TPSA) is 74.6 Å². The van der Waals surface area contributed by atoms with Gasteiger partial charge in [0.2, 0.25) is 0 Å². The Morgan fingerprint density at radius 1 is 0.250 bits per heavy atom. The number of hydrogen-bond donors (Lipinski definition) is 2. The molecule has 0 heterocycles. The molecule has 0 atom stereocenters. The number of unbranched alkanes of at least 4 members (excludes halogenated alkanes) is 36. The Morgan fingerprint density at radius 3 is 0.562 bits per heavy atom. The van der Waals surface area contributed by atoms with Crippen LogP contribution in [0.15, 0.2) is 12.2 Å². The van der Waals surface area contributed by atoms with Gasteiger partial charge < -0.3 is 10.2 Å². The van der Waals surface area contributed by atoms with Crippen LogP contribution in [0.1, 0.15) is 257 Å². The highest BCUT2D eigenvalue weighted by Crippen LogP contribution is 2.17. The maximum absolute atomic E-state index is 10.5. The Hall–Kier alpha value is -1.32. The van der Waals surface area contributed by atoms with Gasteiger partial charge >= 0.3 is 11.9 Å². The molecule has 0 aromatic heterocycles. The van der Waals surface area contributed by atoms with Crippen LogP contribution in [-0.4, -0.2) is 22.2 Å². The second-order valence-electron chi connectivity index (χ2n) is 15.1. The summed E-state index contributed by atoms with van der Waals surface area (Å²) in [5.74, 6) is -1.31. The lowest BCUT2D eigenvalue weighted by Crippen LogP contribution is -1.93. The number of carboxylic acids is 2. The van der Waals surface area contributed by atoms with Crippen molar-refractivity contribution < 1.29 is 19.8 Å². The van der Waals surface area contributed by atoms with E-state index in [0.717, 1.165) is 25.7 Å². The summed E-state index contributed by atoms with van der Waals surface area (Å²) in [6.45, 7) is 0. The highest BCUT2D eigenvalue weighted by Gasteiger charge is 1.99. The predicted molar refractivity (Wildman–Crippen MR) is 209 cm³/mol. The lowest BCUT2D eigenvalue weighted by molar-refractivity contribution is -0.138. The van der Waals surface area contributed by atoms with Crippen LogP contribution in [0.25, 0.3) is 0 Å². The van der Waals surface area contributed by atoms with Crippen LogP contribution in [0.5, 0.6) is 0 Å². The average Bonchev–Trinajstić information content (AvgIpc) is 3.06. The molecule has 0 aliphatic rings. The van der Waals surface area contributed by atoms with Crippen molar-refractivity contribution >= 4 is 11.9 Å². The van der Waals surface area contributed by atoms with E-state index in [0.29, 0.717) is 12.8 Å². The number of hydrogen-bond acceptors (Lipinski definition) is 2. The third-order valence-electron chi connectivity index (χ3n) is 10.2. The molecule has 0 aromatic carbocycles. The average molecular weight is 677 g/mol. The largest absolute Gasteiger partial charge is 0.481 e. The monoisotopic (exact) mass is 677 g/mol. The standard InChI is InChI=1S/C44H84O4/c45-43(46)41-39-37-35-33-31-29-27-25-23-21-19-17-15-13-11-9-7-5-3-1-2-4-6-8-10-12-14-16-18-20-22-24-26-28-30-32-34-36-38-40-42-44(47)48/h17,19H,1-16,18,20-42H2,(H,45,46)(H,47,48). The van der Waals surface area contributed by atoms with E-state index in [9.17, 15) is 9.59 Å². The minimum atomic E-state index is -0.657. The molecule has 0 radical (unpaired) electrons. The van der Waals surface area contributed by atoms with E-state index in [1.54, 1.807) is 0 Å². The zero-order valence-corrected chi connectivity index (χ0v) is 32.1. The zero-order valence-electron chi connectivity index (χ0n) is 32.1. The number of allylic oxidation sites excluding steroid dienone is 2. The molecular formula is C44H84O4. The molecule has 0 saturated heterocycles. The van der Waals surface area contributed by atoms with E-state index < -0.39 is 11.9 Å². The van der Waals surface area contributed by atoms with Crippen LogP contribution in [0.4, 0.5) is 0 Å². The molecule has 2 N–H and O–H groups in total. The Labute approximate surface area is 300 Å². The van der Waals surface area contributed by atoms with Crippen molar-refractivity contribution in [1.29, 1.82) is 0 Å². The molecule has 0 aromatic rings. The fourth-order valence-electron chi connectivity index (χ4n) is 6.97. The molecule has 0 aliphatic carbocycles. The van der Waals surface area contributed by atoms with Gasteiger partial charge in [0.1, 0.15) is 0 Å². The molecule has 0 amide bonds. The number of rotatable bonds is 42. The highest BCUT2D eigenvalue weighted by atomic mass is 16.4. The van der Waals surface area contributed by atoms with Crippen molar-refractivity contribution in [1.82, 2.24) is 0 Å². The summed E-state index contributed by atoms with van der Waals surface area (Å²) in [6.07, 6.45) is 56.4. The molecular weight excluding hydrogens is 592 g/mol. The molecule has 48 heavy (non-hydrogen) atoms. The third kappa shape index (κ3) is 44.7. The van der Waals surface area contributed by atoms with Crippen LogP contribution in [0, 0.1) is 0 Å². The van der Waals surface area contributed by atoms with E-state index >= 15 is 0 Å². The Bertz CT molecular complexity index is 673. The Kier molecular flexibility index (Phi) is 40.7. The summed E-state index contributed by atoms with van der Waals surface area (Å²) in [4.78, 5) is 21.0. The van der Waals surface area contributed by atoms with Crippen LogP contribution >= 0.6 is 0 Å². The van der Waals surface area contributed by atoms with E-state index in [2.05, 4.69) is 12.2 Å². The number of carbonyl (C=O) groups is 2. The summed E-state index contributed by atoms with van der Waals surface area (Å²) in [7, 11) is 0. The second-order valence-corrected chi connectivity index (χ2v) is 15.1. The van der Waals surface area contributed by atoms with Gasteiger partial charge in [0.15, 0.2) is 0 Å². The van der Waals surface area contributed by atoms with Gasteiger partial charge in [0.25, 0.3) is 0 Å². The van der Waals surface area contributed by atoms with Crippen molar-refractivity contribution in [2.75, 3.05) is 0 Å². The molecule has 0 fully saturated rings. The van der Waals surface area contributed by atoms with Gasteiger partial charge in [0.05, 0.1) is 0 Å². The Morgan fingerprint density at radius 2 is 0.396 bits per heavy atom. The number of aliphatic carboxylic acids is 2. The molecule has 284 valence electrons. The summed E-state index contributed by atoms with van der Waals surface area (Å²) in [5, 5.41) is 17.3. The zero-order chi connectivity index (χ0) is 34.9. The van der Waals surface area contributed by atoms with Gasteiger partial charge in [-0.25, -0.2) is 0 Å². The molecule has 0 aliphatic heterocycles. The maximum atomic E-state index is 10.5. The van der Waals surface area contributed by atoms with Crippen LogP contribution in [0.2, 0.25) is 0 Å². The van der Waals surface area contributed by atoms with Gasteiger partial charge in [-0.3, -0.25) is 9.59 Å². The lowest BCUT2D eigenvalue weighted by Gasteiger charge is -2.04. The van der Waals surface area contributed by atoms with E-state index in [1.807, 2.05) is 0 Å².